The summed E-state index contributed by atoms with van der Waals surface area (Å²) in [6.45, 7) is 5.11. The van der Waals surface area contributed by atoms with Gasteiger partial charge in [-0.1, -0.05) is 18.3 Å². The van der Waals surface area contributed by atoms with Gasteiger partial charge in [-0.3, -0.25) is 0 Å². The third kappa shape index (κ3) is 1.51. The first-order valence-corrected chi connectivity index (χ1v) is 5.18. The lowest BCUT2D eigenvalue weighted by Gasteiger charge is -1.95. The molecular formula is C8H12N4S. The fourth-order valence-electron chi connectivity index (χ4n) is 1.10. The fourth-order valence-corrected chi connectivity index (χ4v) is 1.95. The zero-order valence-electron chi connectivity index (χ0n) is 7.74. The van der Waals surface area contributed by atoms with Gasteiger partial charge < -0.3 is 5.32 Å². The molecule has 0 unspecified atom stereocenters. The molecule has 13 heavy (non-hydrogen) atoms. The highest BCUT2D eigenvalue weighted by Crippen LogP contribution is 2.18. The Bertz CT molecular complexity index is 403. The van der Waals surface area contributed by atoms with Crippen LogP contribution in [0, 0.1) is 6.92 Å². The molecule has 0 aliphatic carbocycles. The molecule has 0 saturated carbocycles. The Morgan fingerprint density at radius 1 is 1.62 bits per heavy atom. The van der Waals surface area contributed by atoms with Gasteiger partial charge in [0.25, 0.3) is 0 Å². The maximum absolute atomic E-state index is 4.37. The van der Waals surface area contributed by atoms with Gasteiger partial charge in [-0.2, -0.15) is 0 Å². The second-order valence-electron chi connectivity index (χ2n) is 2.93. The van der Waals surface area contributed by atoms with Crippen LogP contribution in [0.15, 0.2) is 6.20 Å². The Balaban J connectivity index is 2.28. The molecule has 5 heteroatoms. The molecule has 0 atom stereocenters. The molecule has 0 saturated heterocycles. The Morgan fingerprint density at radius 2 is 2.46 bits per heavy atom. The van der Waals surface area contributed by atoms with Gasteiger partial charge in [0.15, 0.2) is 0 Å². The van der Waals surface area contributed by atoms with Gasteiger partial charge in [-0.25, -0.2) is 9.50 Å². The summed E-state index contributed by atoms with van der Waals surface area (Å²) in [6, 6.07) is 0. The Kier molecular flexibility index (Phi) is 2.18. The van der Waals surface area contributed by atoms with Crippen LogP contribution in [0.3, 0.4) is 0 Å². The predicted molar refractivity (Wildman–Crippen MR) is 54.4 cm³/mol. The summed E-state index contributed by atoms with van der Waals surface area (Å²) in [5.41, 5.74) is 1.08. The van der Waals surface area contributed by atoms with Crippen molar-refractivity contribution in [2.45, 2.75) is 20.3 Å². The normalized spacial score (nSPS) is 10.9. The predicted octanol–water partition coefficient (Wildman–Crippen LogP) is 1.92. The van der Waals surface area contributed by atoms with E-state index >= 15 is 0 Å². The Hall–Kier alpha value is -1.10. The minimum atomic E-state index is 0.952. The van der Waals surface area contributed by atoms with E-state index in [9.17, 15) is 0 Å². The highest BCUT2D eigenvalue weighted by Gasteiger charge is 2.05. The number of nitrogens with one attached hydrogen (secondary N) is 1. The number of nitrogens with zero attached hydrogens (tertiary/aromatic N) is 3. The lowest BCUT2D eigenvalue weighted by atomic mass is 10.5. The lowest BCUT2D eigenvalue weighted by molar-refractivity contribution is 0.910. The molecular weight excluding hydrogens is 184 g/mol. The van der Waals surface area contributed by atoms with Gasteiger partial charge in [0.1, 0.15) is 0 Å². The molecule has 0 aliphatic heterocycles. The van der Waals surface area contributed by atoms with Crippen LogP contribution in [-0.4, -0.2) is 21.1 Å². The molecule has 0 radical (unpaired) electrons. The van der Waals surface area contributed by atoms with Crippen LogP contribution >= 0.6 is 11.3 Å². The monoisotopic (exact) mass is 196 g/mol. The average Bonchev–Trinajstić information content (AvgIpc) is 2.65. The van der Waals surface area contributed by atoms with Crippen molar-refractivity contribution in [3.05, 3.63) is 11.9 Å². The minimum Gasteiger partial charge on any atom is -0.360 e. The lowest BCUT2D eigenvalue weighted by Crippen LogP contribution is -1.99. The molecule has 0 spiro atoms. The molecule has 4 nitrogen and oxygen atoms in total. The summed E-state index contributed by atoms with van der Waals surface area (Å²) < 4.78 is 1.86. The van der Waals surface area contributed by atoms with Gasteiger partial charge in [-0.15, -0.1) is 5.10 Å². The fraction of sp³-hybridized carbons (Fsp3) is 0.500. The maximum atomic E-state index is 4.37. The standard InChI is InChI=1S/C8H12N4S/c1-3-4-9-7-11-12-6(2)5-10-8(12)13-7/h5H,3-4H2,1-2H3,(H,9,11). The molecule has 1 N–H and O–H groups in total. The molecule has 0 amide bonds. The zero-order chi connectivity index (χ0) is 9.26. The number of aromatic nitrogens is 3. The largest absolute Gasteiger partial charge is 0.360 e. The van der Waals surface area contributed by atoms with E-state index in [0.29, 0.717) is 0 Å². The number of hydrogen-bond acceptors (Lipinski definition) is 4. The van der Waals surface area contributed by atoms with E-state index in [1.807, 2.05) is 17.6 Å². The molecule has 2 aromatic rings. The molecule has 0 bridgehead atoms. The van der Waals surface area contributed by atoms with Crippen molar-refractivity contribution >= 4 is 21.4 Å². The smallest absolute Gasteiger partial charge is 0.214 e. The van der Waals surface area contributed by atoms with Gasteiger partial charge in [0, 0.05) is 6.54 Å². The average molecular weight is 196 g/mol. The summed E-state index contributed by atoms with van der Waals surface area (Å²) in [4.78, 5) is 5.18. The molecule has 2 heterocycles. The van der Waals surface area contributed by atoms with Crippen LogP contribution in [-0.2, 0) is 0 Å². The van der Waals surface area contributed by atoms with Crippen LogP contribution in [0.25, 0.3) is 4.96 Å². The molecule has 2 aromatic heterocycles. The second kappa shape index (κ2) is 3.33. The molecule has 0 aliphatic rings. The van der Waals surface area contributed by atoms with Crippen molar-refractivity contribution < 1.29 is 0 Å². The zero-order valence-corrected chi connectivity index (χ0v) is 8.56. The van der Waals surface area contributed by atoms with E-state index < -0.39 is 0 Å². The van der Waals surface area contributed by atoms with E-state index in [4.69, 9.17) is 0 Å². The number of rotatable bonds is 3. The van der Waals surface area contributed by atoms with Crippen LogP contribution < -0.4 is 5.32 Å². The van der Waals surface area contributed by atoms with Gasteiger partial charge in [-0.05, 0) is 13.3 Å². The van der Waals surface area contributed by atoms with Crippen LogP contribution in [0.2, 0.25) is 0 Å². The quantitative estimate of drug-likeness (QED) is 0.815. The van der Waals surface area contributed by atoms with Gasteiger partial charge >= 0.3 is 0 Å². The van der Waals surface area contributed by atoms with Crippen LogP contribution in [0.5, 0.6) is 0 Å². The van der Waals surface area contributed by atoms with Crippen LogP contribution in [0.1, 0.15) is 19.0 Å². The van der Waals surface area contributed by atoms with E-state index in [1.165, 1.54) is 0 Å². The number of anilines is 1. The number of fused-ring (bicyclic) bond motifs is 1. The van der Waals surface area contributed by atoms with Gasteiger partial charge in [0.2, 0.25) is 10.1 Å². The summed E-state index contributed by atoms with van der Waals surface area (Å²) in [7, 11) is 0. The van der Waals surface area contributed by atoms with Crippen molar-refractivity contribution in [3.8, 4) is 0 Å². The van der Waals surface area contributed by atoms with E-state index in [-0.39, 0.29) is 0 Å². The number of aryl methyl sites for hydroxylation is 1. The first-order chi connectivity index (χ1) is 6.31. The number of hydrogen-bond donors (Lipinski definition) is 1. The highest BCUT2D eigenvalue weighted by atomic mass is 32.1. The number of imidazole rings is 1. The minimum absolute atomic E-state index is 0.952. The van der Waals surface area contributed by atoms with Crippen molar-refractivity contribution in [2.75, 3.05) is 11.9 Å². The first-order valence-electron chi connectivity index (χ1n) is 4.36. The molecule has 2 rings (SSSR count). The first kappa shape index (κ1) is 8.50. The van der Waals surface area contributed by atoms with Crippen molar-refractivity contribution in [2.24, 2.45) is 0 Å². The summed E-state index contributed by atoms with van der Waals surface area (Å²) in [5, 5.41) is 8.57. The highest BCUT2D eigenvalue weighted by molar-refractivity contribution is 7.20. The summed E-state index contributed by atoms with van der Waals surface area (Å²) >= 11 is 1.59. The summed E-state index contributed by atoms with van der Waals surface area (Å²) in [5.74, 6) is 0. The topological polar surface area (TPSA) is 42.2 Å². The third-order valence-corrected chi connectivity index (χ3v) is 2.66. The SMILES string of the molecule is CCCNc1nn2c(C)cnc2s1. The van der Waals surface area contributed by atoms with Crippen LogP contribution in [0.4, 0.5) is 5.13 Å². The van der Waals surface area contributed by atoms with Crippen molar-refractivity contribution in [1.29, 1.82) is 0 Å². The summed E-state index contributed by atoms with van der Waals surface area (Å²) in [6.07, 6.45) is 2.95. The van der Waals surface area contributed by atoms with E-state index in [2.05, 4.69) is 22.3 Å². The molecule has 0 aromatic carbocycles. The van der Waals surface area contributed by atoms with Crippen molar-refractivity contribution in [3.63, 3.8) is 0 Å². The third-order valence-electron chi connectivity index (χ3n) is 1.78. The Morgan fingerprint density at radius 3 is 3.15 bits per heavy atom. The van der Waals surface area contributed by atoms with Crippen molar-refractivity contribution in [1.82, 2.24) is 14.6 Å². The Labute approximate surface area is 80.6 Å². The molecule has 0 fully saturated rings. The van der Waals surface area contributed by atoms with E-state index in [1.54, 1.807) is 11.3 Å². The maximum Gasteiger partial charge on any atom is 0.214 e. The van der Waals surface area contributed by atoms with E-state index in [0.717, 1.165) is 28.8 Å². The molecule has 70 valence electrons. The van der Waals surface area contributed by atoms with Gasteiger partial charge in [0.05, 0.1) is 11.9 Å². The second-order valence-corrected chi connectivity index (χ2v) is 3.88.